The summed E-state index contributed by atoms with van der Waals surface area (Å²) in [6.45, 7) is 2.03. The molecule has 1 rings (SSSR count). The van der Waals surface area contributed by atoms with Crippen LogP contribution in [0.25, 0.3) is 0 Å². The minimum Gasteiger partial charge on any atom is -0.383 e. The molecule has 1 heterocycles. The van der Waals surface area contributed by atoms with Gasteiger partial charge in [0.15, 0.2) is 0 Å². The van der Waals surface area contributed by atoms with Gasteiger partial charge in [-0.1, -0.05) is 13.3 Å². The monoisotopic (exact) mass is 266 g/mol. The summed E-state index contributed by atoms with van der Waals surface area (Å²) in [7, 11) is 1.42. The molecule has 1 aromatic rings. The number of methoxy groups -OCH3 is 1. The summed E-state index contributed by atoms with van der Waals surface area (Å²) in [5.74, 6) is -6.43. The Morgan fingerprint density at radius 2 is 1.72 bits per heavy atom. The standard InChI is InChI=1S/C11H14F4N2O/c1-3-4-6(5-18-2)16-9-7(12)10(14)17-11(15)8(9)13/h6H,3-5H2,1-2H3,(H,16,17). The van der Waals surface area contributed by atoms with Crippen LogP contribution in [0.3, 0.4) is 0 Å². The van der Waals surface area contributed by atoms with Crippen LogP contribution >= 0.6 is 0 Å². The Morgan fingerprint density at radius 1 is 1.17 bits per heavy atom. The normalized spacial score (nSPS) is 12.6. The lowest BCUT2D eigenvalue weighted by Gasteiger charge is -2.19. The van der Waals surface area contributed by atoms with Crippen molar-refractivity contribution in [3.63, 3.8) is 0 Å². The fourth-order valence-electron chi connectivity index (χ4n) is 1.56. The number of hydrogen-bond acceptors (Lipinski definition) is 3. The molecule has 1 atom stereocenters. The number of hydrogen-bond donors (Lipinski definition) is 1. The fraction of sp³-hybridized carbons (Fsp3) is 0.545. The molecule has 3 nitrogen and oxygen atoms in total. The second-order valence-corrected chi connectivity index (χ2v) is 3.78. The summed E-state index contributed by atoms with van der Waals surface area (Å²) in [5, 5.41) is 2.40. The van der Waals surface area contributed by atoms with Crippen LogP contribution in [0.4, 0.5) is 23.2 Å². The number of aromatic nitrogens is 1. The third kappa shape index (κ3) is 3.32. The maximum absolute atomic E-state index is 13.3. The molecule has 102 valence electrons. The maximum Gasteiger partial charge on any atom is 0.253 e. The SMILES string of the molecule is CCCC(COC)Nc1c(F)c(F)nc(F)c1F. The zero-order valence-corrected chi connectivity index (χ0v) is 10.1. The number of rotatable bonds is 6. The van der Waals surface area contributed by atoms with E-state index in [4.69, 9.17) is 4.74 Å². The quantitative estimate of drug-likeness (QED) is 0.635. The first-order chi connectivity index (χ1) is 8.51. The van der Waals surface area contributed by atoms with Crippen molar-refractivity contribution < 1.29 is 22.3 Å². The van der Waals surface area contributed by atoms with E-state index in [9.17, 15) is 17.6 Å². The third-order valence-electron chi connectivity index (χ3n) is 2.35. The van der Waals surface area contributed by atoms with E-state index in [0.29, 0.717) is 6.42 Å². The van der Waals surface area contributed by atoms with Gasteiger partial charge in [0, 0.05) is 13.2 Å². The highest BCUT2D eigenvalue weighted by atomic mass is 19.2. The summed E-state index contributed by atoms with van der Waals surface area (Å²) in [6, 6.07) is -0.440. The van der Waals surface area contributed by atoms with Crippen LogP contribution in [0, 0.1) is 23.5 Å². The molecule has 0 aliphatic carbocycles. The van der Waals surface area contributed by atoms with Crippen LogP contribution < -0.4 is 5.32 Å². The Balaban J connectivity index is 3.01. The molecular formula is C11H14F4N2O. The predicted octanol–water partition coefficient (Wildman–Crippen LogP) is 2.87. The Kier molecular flexibility index (Phi) is 5.33. The molecule has 0 aliphatic heterocycles. The molecule has 0 fully saturated rings. The van der Waals surface area contributed by atoms with Crippen LogP contribution in [0.2, 0.25) is 0 Å². The van der Waals surface area contributed by atoms with Crippen molar-refractivity contribution in [2.24, 2.45) is 0 Å². The number of nitrogens with one attached hydrogen (secondary N) is 1. The van der Waals surface area contributed by atoms with Gasteiger partial charge in [-0.15, -0.1) is 0 Å². The fourth-order valence-corrected chi connectivity index (χ4v) is 1.56. The number of halogens is 4. The van der Waals surface area contributed by atoms with Crippen molar-refractivity contribution in [2.45, 2.75) is 25.8 Å². The minimum atomic E-state index is -1.68. The van der Waals surface area contributed by atoms with Crippen molar-refractivity contribution in [3.8, 4) is 0 Å². The van der Waals surface area contributed by atoms with Gasteiger partial charge in [0.1, 0.15) is 5.69 Å². The van der Waals surface area contributed by atoms with E-state index < -0.39 is 35.3 Å². The molecule has 1 unspecified atom stereocenters. The maximum atomic E-state index is 13.3. The Hall–Kier alpha value is -1.37. The third-order valence-corrected chi connectivity index (χ3v) is 2.35. The molecule has 0 aromatic carbocycles. The molecule has 0 amide bonds. The van der Waals surface area contributed by atoms with E-state index in [1.54, 1.807) is 0 Å². The number of anilines is 1. The molecule has 0 saturated carbocycles. The predicted molar refractivity (Wildman–Crippen MR) is 58.3 cm³/mol. The van der Waals surface area contributed by atoms with Crippen LogP contribution in [0.5, 0.6) is 0 Å². The van der Waals surface area contributed by atoms with Crippen LogP contribution in [0.1, 0.15) is 19.8 Å². The van der Waals surface area contributed by atoms with Gasteiger partial charge in [-0.3, -0.25) is 0 Å². The van der Waals surface area contributed by atoms with E-state index >= 15 is 0 Å². The highest BCUT2D eigenvalue weighted by Gasteiger charge is 2.22. The van der Waals surface area contributed by atoms with Gasteiger partial charge in [-0.25, -0.2) is 0 Å². The van der Waals surface area contributed by atoms with Gasteiger partial charge in [-0.05, 0) is 6.42 Å². The Labute approximate surface area is 102 Å². The average molecular weight is 266 g/mol. The van der Waals surface area contributed by atoms with Crippen molar-refractivity contribution >= 4 is 5.69 Å². The summed E-state index contributed by atoms with van der Waals surface area (Å²) >= 11 is 0. The molecular weight excluding hydrogens is 252 g/mol. The molecule has 0 bridgehead atoms. The summed E-state index contributed by atoms with van der Waals surface area (Å²) < 4.78 is 57.3. The number of ether oxygens (including phenoxy) is 1. The highest BCUT2D eigenvalue weighted by molar-refractivity contribution is 5.46. The van der Waals surface area contributed by atoms with E-state index in [-0.39, 0.29) is 6.61 Å². The van der Waals surface area contributed by atoms with Gasteiger partial charge >= 0.3 is 0 Å². The Bertz CT molecular complexity index is 382. The van der Waals surface area contributed by atoms with Gasteiger partial charge in [0.05, 0.1) is 6.61 Å². The number of pyridine rings is 1. The lowest BCUT2D eigenvalue weighted by Crippen LogP contribution is -2.26. The topological polar surface area (TPSA) is 34.1 Å². The largest absolute Gasteiger partial charge is 0.383 e. The second kappa shape index (κ2) is 6.53. The first-order valence-corrected chi connectivity index (χ1v) is 5.46. The van der Waals surface area contributed by atoms with E-state index in [1.165, 1.54) is 7.11 Å². The molecule has 0 radical (unpaired) electrons. The smallest absolute Gasteiger partial charge is 0.253 e. The van der Waals surface area contributed by atoms with Gasteiger partial charge in [0.2, 0.25) is 11.6 Å². The van der Waals surface area contributed by atoms with Crippen LogP contribution in [-0.4, -0.2) is 24.7 Å². The van der Waals surface area contributed by atoms with Crippen molar-refractivity contribution in [1.82, 2.24) is 4.98 Å². The summed E-state index contributed by atoms with van der Waals surface area (Å²) in [4.78, 5) is 2.48. The van der Waals surface area contributed by atoms with Crippen LogP contribution in [-0.2, 0) is 4.74 Å². The molecule has 0 aliphatic rings. The lowest BCUT2D eigenvalue weighted by molar-refractivity contribution is 0.182. The van der Waals surface area contributed by atoms with Crippen molar-refractivity contribution in [2.75, 3.05) is 19.0 Å². The van der Waals surface area contributed by atoms with E-state index in [0.717, 1.165) is 6.42 Å². The first kappa shape index (κ1) is 14.7. The van der Waals surface area contributed by atoms with Gasteiger partial charge in [-0.2, -0.15) is 22.5 Å². The average Bonchev–Trinajstić information content (AvgIpc) is 2.32. The molecule has 7 heteroatoms. The molecule has 1 aromatic heterocycles. The van der Waals surface area contributed by atoms with E-state index in [2.05, 4.69) is 10.3 Å². The minimum absolute atomic E-state index is 0.165. The van der Waals surface area contributed by atoms with Gasteiger partial charge < -0.3 is 10.1 Å². The zero-order valence-electron chi connectivity index (χ0n) is 10.1. The zero-order chi connectivity index (χ0) is 13.7. The summed E-state index contributed by atoms with van der Waals surface area (Å²) in [6.07, 6.45) is 1.26. The molecule has 1 N–H and O–H groups in total. The first-order valence-electron chi connectivity index (χ1n) is 5.46. The Morgan fingerprint density at radius 3 is 2.17 bits per heavy atom. The molecule has 0 saturated heterocycles. The van der Waals surface area contributed by atoms with Gasteiger partial charge in [0.25, 0.3) is 11.9 Å². The number of nitrogens with zero attached hydrogens (tertiary/aromatic N) is 1. The lowest BCUT2D eigenvalue weighted by atomic mass is 10.1. The van der Waals surface area contributed by atoms with Crippen LogP contribution in [0.15, 0.2) is 0 Å². The summed E-state index contributed by atoms with van der Waals surface area (Å²) in [5.41, 5.74) is -0.851. The van der Waals surface area contributed by atoms with Crippen molar-refractivity contribution in [3.05, 3.63) is 23.5 Å². The molecule has 18 heavy (non-hydrogen) atoms. The highest BCUT2D eigenvalue weighted by Crippen LogP contribution is 2.23. The molecule has 0 spiro atoms. The second-order valence-electron chi connectivity index (χ2n) is 3.78. The van der Waals surface area contributed by atoms with Crippen molar-refractivity contribution in [1.29, 1.82) is 0 Å². The van der Waals surface area contributed by atoms with E-state index in [1.807, 2.05) is 6.92 Å².